The molecule has 1 aromatic carbocycles. The summed E-state index contributed by atoms with van der Waals surface area (Å²) >= 11 is 0. The lowest BCUT2D eigenvalue weighted by Gasteiger charge is -2.17. The first-order valence-corrected chi connectivity index (χ1v) is 9.80. The van der Waals surface area contributed by atoms with E-state index in [0.29, 0.717) is 11.6 Å². The highest BCUT2D eigenvalue weighted by atomic mass is 16.5. The van der Waals surface area contributed by atoms with Crippen LogP contribution in [0.15, 0.2) is 51.8 Å². The van der Waals surface area contributed by atoms with Gasteiger partial charge >= 0.3 is 5.76 Å². The molecule has 2 heterocycles. The molecule has 0 amide bonds. The van der Waals surface area contributed by atoms with Gasteiger partial charge in [0, 0.05) is 23.1 Å². The summed E-state index contributed by atoms with van der Waals surface area (Å²) < 4.78 is 12.2. The molecule has 0 bridgehead atoms. The summed E-state index contributed by atoms with van der Waals surface area (Å²) in [6.45, 7) is 7.47. The van der Waals surface area contributed by atoms with E-state index in [1.165, 1.54) is 16.6 Å². The van der Waals surface area contributed by atoms with Gasteiger partial charge in [0.15, 0.2) is 5.82 Å². The summed E-state index contributed by atoms with van der Waals surface area (Å²) in [5.74, 6) is 1.21. The van der Waals surface area contributed by atoms with E-state index in [0.717, 1.165) is 18.7 Å². The molecule has 154 valence electrons. The molecule has 2 unspecified atom stereocenters. The molecule has 0 spiro atoms. The van der Waals surface area contributed by atoms with Crippen molar-refractivity contribution in [1.29, 1.82) is 0 Å². The number of aromatic amines is 1. The Morgan fingerprint density at radius 1 is 1.38 bits per heavy atom. The van der Waals surface area contributed by atoms with Gasteiger partial charge in [0.1, 0.15) is 5.75 Å². The van der Waals surface area contributed by atoms with Crippen molar-refractivity contribution in [2.45, 2.75) is 39.7 Å². The Kier molecular flexibility index (Phi) is 6.26. The summed E-state index contributed by atoms with van der Waals surface area (Å²) in [5.41, 5.74) is 8.79. The number of benzene rings is 1. The standard InChI is InChI=1S/C22H28N4O3/c1-5-15(3)20-12-16-11-17(28-4)9-10-19(16)26(20)13-14(2)7-6-8-18(23)21-24-22(27)29-25-21/h6-12,14-15H,5,13,23H2,1-4H3,(H,24,25,27)/b7-6-,18-8-. The Bertz CT molecular complexity index is 1090. The van der Waals surface area contributed by atoms with Crippen molar-refractivity contribution in [3.05, 3.63) is 64.6 Å². The molecule has 2 aromatic heterocycles. The van der Waals surface area contributed by atoms with Crippen LogP contribution >= 0.6 is 0 Å². The van der Waals surface area contributed by atoms with Crippen LogP contribution in [-0.2, 0) is 6.54 Å². The molecule has 3 rings (SSSR count). The lowest BCUT2D eigenvalue weighted by molar-refractivity contribution is 0.385. The van der Waals surface area contributed by atoms with Gasteiger partial charge in [-0.05, 0) is 48.6 Å². The molecular weight excluding hydrogens is 368 g/mol. The van der Waals surface area contributed by atoms with E-state index >= 15 is 0 Å². The smallest absolute Gasteiger partial charge is 0.439 e. The third-order valence-electron chi connectivity index (χ3n) is 5.16. The largest absolute Gasteiger partial charge is 0.497 e. The van der Waals surface area contributed by atoms with E-state index in [9.17, 15) is 4.79 Å². The maximum Gasteiger partial charge on any atom is 0.439 e. The van der Waals surface area contributed by atoms with Gasteiger partial charge in [0.25, 0.3) is 0 Å². The molecule has 0 saturated heterocycles. The van der Waals surface area contributed by atoms with Crippen molar-refractivity contribution >= 4 is 16.6 Å². The monoisotopic (exact) mass is 396 g/mol. The van der Waals surface area contributed by atoms with Crippen molar-refractivity contribution < 1.29 is 9.26 Å². The first-order chi connectivity index (χ1) is 13.9. The summed E-state index contributed by atoms with van der Waals surface area (Å²) in [5, 5.41) is 4.77. The Morgan fingerprint density at radius 3 is 2.83 bits per heavy atom. The lowest BCUT2D eigenvalue weighted by Crippen LogP contribution is -2.10. The number of allylic oxidation sites excluding steroid dienone is 3. The molecule has 0 aliphatic heterocycles. The molecule has 3 aromatic rings. The van der Waals surface area contributed by atoms with E-state index in [-0.39, 0.29) is 11.7 Å². The molecule has 3 N–H and O–H groups in total. The Hall–Kier alpha value is -3.22. The normalized spacial score (nSPS) is 14.6. The highest BCUT2D eigenvalue weighted by Crippen LogP contribution is 2.30. The molecule has 7 nitrogen and oxygen atoms in total. The molecule has 0 aliphatic carbocycles. The molecule has 0 radical (unpaired) electrons. The van der Waals surface area contributed by atoms with Crippen molar-refractivity contribution in [2.24, 2.45) is 11.7 Å². The molecule has 29 heavy (non-hydrogen) atoms. The van der Waals surface area contributed by atoms with Crippen LogP contribution in [0, 0.1) is 5.92 Å². The predicted octanol–water partition coefficient (Wildman–Crippen LogP) is 4.03. The number of nitrogens with zero attached hydrogens (tertiary/aromatic N) is 2. The molecule has 0 saturated carbocycles. The number of ether oxygens (including phenoxy) is 1. The van der Waals surface area contributed by atoms with E-state index < -0.39 is 5.76 Å². The fourth-order valence-electron chi connectivity index (χ4n) is 3.35. The van der Waals surface area contributed by atoms with Gasteiger partial charge < -0.3 is 15.0 Å². The average Bonchev–Trinajstić information content (AvgIpc) is 3.30. The highest BCUT2D eigenvalue weighted by molar-refractivity contribution is 5.83. The van der Waals surface area contributed by atoms with Crippen LogP contribution in [0.3, 0.4) is 0 Å². The van der Waals surface area contributed by atoms with Crippen LogP contribution in [0.1, 0.15) is 44.6 Å². The molecule has 0 fully saturated rings. The molecular formula is C22H28N4O3. The topological polar surface area (TPSA) is 99.1 Å². The van der Waals surface area contributed by atoms with Gasteiger partial charge in [0.2, 0.25) is 0 Å². The zero-order chi connectivity index (χ0) is 21.0. The third-order valence-corrected chi connectivity index (χ3v) is 5.16. The minimum atomic E-state index is -0.623. The van der Waals surface area contributed by atoms with E-state index in [4.69, 9.17) is 10.5 Å². The van der Waals surface area contributed by atoms with Gasteiger partial charge in [-0.3, -0.25) is 9.51 Å². The average molecular weight is 396 g/mol. The molecule has 0 aliphatic rings. The van der Waals surface area contributed by atoms with Crippen LogP contribution in [0.5, 0.6) is 5.75 Å². The SMILES string of the molecule is CCC(C)c1cc2cc(OC)ccc2n1CC(C)/C=C\C=C(/N)c1noc(=O)[nH]1. The fourth-order valence-corrected chi connectivity index (χ4v) is 3.35. The van der Waals surface area contributed by atoms with E-state index in [2.05, 4.69) is 64.3 Å². The third kappa shape index (κ3) is 4.62. The van der Waals surface area contributed by atoms with Gasteiger partial charge in [0.05, 0.1) is 12.8 Å². The van der Waals surface area contributed by atoms with Crippen molar-refractivity contribution in [3.8, 4) is 5.75 Å². The summed E-state index contributed by atoms with van der Waals surface area (Å²) in [7, 11) is 1.69. The number of methoxy groups -OCH3 is 1. The summed E-state index contributed by atoms with van der Waals surface area (Å²) in [6.07, 6.45) is 6.75. The lowest BCUT2D eigenvalue weighted by atomic mass is 10.0. The minimum Gasteiger partial charge on any atom is -0.497 e. The number of hydrogen-bond acceptors (Lipinski definition) is 5. The zero-order valence-corrected chi connectivity index (χ0v) is 17.3. The first-order valence-electron chi connectivity index (χ1n) is 9.80. The van der Waals surface area contributed by atoms with Crippen molar-refractivity contribution in [1.82, 2.24) is 14.7 Å². The number of nitrogens with one attached hydrogen (secondary N) is 1. The second-order valence-electron chi connectivity index (χ2n) is 7.34. The maximum atomic E-state index is 11.0. The van der Waals surface area contributed by atoms with E-state index in [1.54, 1.807) is 13.2 Å². The summed E-state index contributed by atoms with van der Waals surface area (Å²) in [4.78, 5) is 13.4. The number of hydrogen-bond donors (Lipinski definition) is 2. The van der Waals surface area contributed by atoms with Crippen LogP contribution < -0.4 is 16.2 Å². The van der Waals surface area contributed by atoms with Gasteiger partial charge in [-0.15, -0.1) is 0 Å². The fraction of sp³-hybridized carbons (Fsp3) is 0.364. The Morgan fingerprint density at radius 2 is 2.17 bits per heavy atom. The van der Waals surface area contributed by atoms with Crippen LogP contribution in [0.25, 0.3) is 16.6 Å². The second kappa shape index (κ2) is 8.86. The van der Waals surface area contributed by atoms with Crippen molar-refractivity contribution in [2.75, 3.05) is 7.11 Å². The number of rotatable bonds is 8. The van der Waals surface area contributed by atoms with E-state index in [1.807, 2.05) is 12.1 Å². The number of aromatic nitrogens is 3. The second-order valence-corrected chi connectivity index (χ2v) is 7.34. The molecule has 7 heteroatoms. The first kappa shape index (κ1) is 20.5. The Labute approximate surface area is 169 Å². The van der Waals surface area contributed by atoms with Gasteiger partial charge in [-0.2, -0.15) is 0 Å². The number of H-pyrrole nitrogens is 1. The zero-order valence-electron chi connectivity index (χ0n) is 17.3. The number of nitrogens with two attached hydrogens (primary N) is 1. The quantitative estimate of drug-likeness (QED) is 0.560. The maximum absolute atomic E-state index is 11.0. The van der Waals surface area contributed by atoms with Gasteiger partial charge in [-0.25, -0.2) is 4.79 Å². The summed E-state index contributed by atoms with van der Waals surface area (Å²) in [6, 6.07) is 8.47. The Balaban J connectivity index is 1.83. The van der Waals surface area contributed by atoms with Crippen molar-refractivity contribution in [3.63, 3.8) is 0 Å². The predicted molar refractivity (Wildman–Crippen MR) is 115 cm³/mol. The van der Waals surface area contributed by atoms with Crippen LogP contribution in [0.4, 0.5) is 0 Å². The van der Waals surface area contributed by atoms with Crippen LogP contribution in [-0.4, -0.2) is 21.8 Å². The molecule has 2 atom stereocenters. The highest BCUT2D eigenvalue weighted by Gasteiger charge is 2.15. The minimum absolute atomic E-state index is 0.233. The number of fused-ring (bicyclic) bond motifs is 1. The van der Waals surface area contributed by atoms with Crippen LogP contribution in [0.2, 0.25) is 0 Å². The van der Waals surface area contributed by atoms with Gasteiger partial charge in [-0.1, -0.05) is 38.1 Å².